The molecule has 4 aliphatic rings. The average Bonchev–Trinajstić information content (AvgIpc) is 3.65. The number of alkyl halides is 3. The number of amides is 3. The van der Waals surface area contributed by atoms with Gasteiger partial charge in [-0.15, -0.1) is 0 Å². The summed E-state index contributed by atoms with van der Waals surface area (Å²) in [4.78, 5) is 45.1. The summed E-state index contributed by atoms with van der Waals surface area (Å²) in [6.45, 7) is 4.18. The summed E-state index contributed by atoms with van der Waals surface area (Å²) in [5.74, 6) is -1.24. The molecule has 0 radical (unpaired) electrons. The zero-order valence-electron chi connectivity index (χ0n) is 19.6. The molecule has 7 nitrogen and oxygen atoms in total. The summed E-state index contributed by atoms with van der Waals surface area (Å²) in [7, 11) is 0. The molecule has 3 saturated heterocycles. The highest BCUT2D eigenvalue weighted by atomic mass is 19.4. The van der Waals surface area contributed by atoms with Crippen molar-refractivity contribution in [3.05, 3.63) is 35.4 Å². The number of rotatable bonds is 5. The van der Waals surface area contributed by atoms with Crippen molar-refractivity contribution in [3.63, 3.8) is 0 Å². The van der Waals surface area contributed by atoms with E-state index in [0.717, 1.165) is 38.1 Å². The molecule has 35 heavy (non-hydrogen) atoms. The highest BCUT2D eigenvalue weighted by Gasteiger charge is 2.57. The smallest absolute Gasteiger partial charge is 0.379 e. The Balaban J connectivity index is 1.37. The molecule has 1 atom stereocenters. The van der Waals surface area contributed by atoms with Crippen LogP contribution in [-0.2, 0) is 30.7 Å². The largest absolute Gasteiger partial charge is 0.416 e. The van der Waals surface area contributed by atoms with Crippen molar-refractivity contribution in [2.24, 2.45) is 0 Å². The molecule has 1 aliphatic carbocycles. The second-order valence-electron chi connectivity index (χ2n) is 10.1. The molecule has 4 fully saturated rings. The Morgan fingerprint density at radius 3 is 2.31 bits per heavy atom. The van der Waals surface area contributed by atoms with E-state index in [1.54, 1.807) is 4.90 Å². The monoisotopic (exact) mass is 493 g/mol. The minimum atomic E-state index is -4.59. The zero-order valence-corrected chi connectivity index (χ0v) is 19.6. The van der Waals surface area contributed by atoms with Gasteiger partial charge in [-0.2, -0.15) is 13.2 Å². The third kappa shape index (κ3) is 4.70. The van der Waals surface area contributed by atoms with E-state index in [1.165, 1.54) is 17.0 Å². The SMILES string of the molecule is O=C(C[C@]1(c2cccc(C(F)(F)F)c2)CC(=O)N(C2CC2)C1=O)N1CCC(N2CCOCC2)CC1. The van der Waals surface area contributed by atoms with Crippen LogP contribution in [0.1, 0.15) is 49.7 Å². The molecular weight excluding hydrogens is 463 g/mol. The van der Waals surface area contributed by atoms with Crippen molar-refractivity contribution in [1.82, 2.24) is 14.7 Å². The van der Waals surface area contributed by atoms with E-state index < -0.39 is 29.0 Å². The number of piperidine rings is 1. The van der Waals surface area contributed by atoms with Crippen LogP contribution in [0.15, 0.2) is 24.3 Å². The highest BCUT2D eigenvalue weighted by molar-refractivity contribution is 6.11. The highest BCUT2D eigenvalue weighted by Crippen LogP contribution is 2.45. The third-order valence-corrected chi connectivity index (χ3v) is 7.84. The molecule has 1 saturated carbocycles. The summed E-state index contributed by atoms with van der Waals surface area (Å²) < 4.78 is 45.8. The van der Waals surface area contributed by atoms with Gasteiger partial charge in [-0.1, -0.05) is 18.2 Å². The first kappa shape index (κ1) is 24.2. The summed E-state index contributed by atoms with van der Waals surface area (Å²) in [5.41, 5.74) is -2.40. The fourth-order valence-electron chi connectivity index (χ4n) is 5.72. The van der Waals surface area contributed by atoms with Crippen LogP contribution in [0.3, 0.4) is 0 Å². The molecule has 3 amide bonds. The number of likely N-dealkylation sites (tertiary alicyclic amines) is 2. The van der Waals surface area contributed by atoms with Gasteiger partial charge in [-0.25, -0.2) is 0 Å². The molecule has 5 rings (SSSR count). The van der Waals surface area contributed by atoms with E-state index in [0.29, 0.717) is 45.2 Å². The van der Waals surface area contributed by atoms with Gasteiger partial charge in [0, 0.05) is 51.1 Å². The van der Waals surface area contributed by atoms with Crippen LogP contribution in [0.5, 0.6) is 0 Å². The Kier molecular flexibility index (Phi) is 6.37. The van der Waals surface area contributed by atoms with E-state index in [4.69, 9.17) is 4.74 Å². The molecule has 3 aliphatic heterocycles. The van der Waals surface area contributed by atoms with Crippen molar-refractivity contribution in [2.75, 3.05) is 39.4 Å². The maximum atomic E-state index is 13.6. The number of ether oxygens (including phenoxy) is 1. The molecule has 1 aromatic rings. The van der Waals surface area contributed by atoms with Crippen LogP contribution in [-0.4, -0.2) is 83.9 Å². The van der Waals surface area contributed by atoms with E-state index in [-0.39, 0.29) is 30.4 Å². The molecule has 0 aromatic heterocycles. The molecule has 0 bridgehead atoms. The molecule has 1 aromatic carbocycles. The van der Waals surface area contributed by atoms with Gasteiger partial charge in [0.15, 0.2) is 0 Å². The van der Waals surface area contributed by atoms with E-state index in [9.17, 15) is 27.6 Å². The standard InChI is InChI=1S/C25H30F3N3O4/c26-25(27,28)18-3-1-2-17(14-18)24(16-22(33)31(23(24)34)20-4-5-20)15-21(32)30-8-6-19(7-9-30)29-10-12-35-13-11-29/h1-3,14,19-20H,4-13,15-16H2/t24-/m1/s1. The summed E-state index contributed by atoms with van der Waals surface area (Å²) >= 11 is 0. The van der Waals surface area contributed by atoms with Crippen molar-refractivity contribution in [3.8, 4) is 0 Å². The lowest BCUT2D eigenvalue weighted by Gasteiger charge is -2.40. The molecular formula is C25H30F3N3O4. The van der Waals surface area contributed by atoms with Crippen LogP contribution in [0, 0.1) is 0 Å². The summed E-state index contributed by atoms with van der Waals surface area (Å²) in [5, 5.41) is 0. The lowest BCUT2D eigenvalue weighted by atomic mass is 9.75. The third-order valence-electron chi connectivity index (χ3n) is 7.84. The van der Waals surface area contributed by atoms with Gasteiger partial charge >= 0.3 is 6.18 Å². The minimum absolute atomic E-state index is 0.0883. The quantitative estimate of drug-likeness (QED) is 0.590. The number of imide groups is 1. The predicted molar refractivity (Wildman–Crippen MR) is 119 cm³/mol. The number of halogens is 3. The minimum Gasteiger partial charge on any atom is -0.379 e. The van der Waals surface area contributed by atoms with Crippen LogP contribution in [0.2, 0.25) is 0 Å². The first-order chi connectivity index (χ1) is 16.7. The molecule has 0 unspecified atom stereocenters. The molecule has 190 valence electrons. The Labute approximate surface area is 202 Å². The fraction of sp³-hybridized carbons (Fsp3) is 0.640. The predicted octanol–water partition coefficient (Wildman–Crippen LogP) is 2.58. The van der Waals surface area contributed by atoms with E-state index >= 15 is 0 Å². The van der Waals surface area contributed by atoms with Gasteiger partial charge in [0.25, 0.3) is 0 Å². The molecule has 10 heteroatoms. The number of hydrogen-bond donors (Lipinski definition) is 0. The van der Waals surface area contributed by atoms with Crippen LogP contribution in [0.4, 0.5) is 13.2 Å². The topological polar surface area (TPSA) is 70.2 Å². The van der Waals surface area contributed by atoms with Gasteiger partial charge in [0.05, 0.1) is 24.2 Å². The van der Waals surface area contributed by atoms with Gasteiger partial charge in [0.2, 0.25) is 17.7 Å². The van der Waals surface area contributed by atoms with Gasteiger partial charge < -0.3 is 9.64 Å². The van der Waals surface area contributed by atoms with Gasteiger partial charge in [-0.05, 0) is 37.3 Å². The summed E-state index contributed by atoms with van der Waals surface area (Å²) in [6, 6.07) is 4.71. The Morgan fingerprint density at radius 2 is 1.69 bits per heavy atom. The van der Waals surface area contributed by atoms with Crippen LogP contribution >= 0.6 is 0 Å². The lowest BCUT2D eigenvalue weighted by molar-refractivity contribution is -0.144. The average molecular weight is 494 g/mol. The van der Waals surface area contributed by atoms with E-state index in [2.05, 4.69) is 4.90 Å². The normalized spacial score (nSPS) is 27.1. The second kappa shape index (κ2) is 9.20. The van der Waals surface area contributed by atoms with Crippen LogP contribution in [0.25, 0.3) is 0 Å². The maximum Gasteiger partial charge on any atom is 0.416 e. The molecule has 3 heterocycles. The number of benzene rings is 1. The van der Waals surface area contributed by atoms with E-state index in [1.807, 2.05) is 0 Å². The number of hydrogen-bond acceptors (Lipinski definition) is 5. The molecule has 0 N–H and O–H groups in total. The van der Waals surface area contributed by atoms with Crippen molar-refractivity contribution >= 4 is 17.7 Å². The first-order valence-corrected chi connectivity index (χ1v) is 12.3. The van der Waals surface area contributed by atoms with Gasteiger partial charge in [0.1, 0.15) is 0 Å². The first-order valence-electron chi connectivity index (χ1n) is 12.3. The van der Waals surface area contributed by atoms with Crippen molar-refractivity contribution in [1.29, 1.82) is 0 Å². The summed E-state index contributed by atoms with van der Waals surface area (Å²) in [6.07, 6.45) is -2.20. The van der Waals surface area contributed by atoms with Gasteiger partial charge in [-0.3, -0.25) is 24.2 Å². The molecule has 0 spiro atoms. The number of carbonyl (C=O) groups is 3. The number of morpholine rings is 1. The fourth-order valence-corrected chi connectivity index (χ4v) is 5.72. The Bertz CT molecular complexity index is 998. The maximum absolute atomic E-state index is 13.6. The Morgan fingerprint density at radius 1 is 1.00 bits per heavy atom. The van der Waals surface area contributed by atoms with Crippen molar-refractivity contribution < 1.29 is 32.3 Å². The second-order valence-corrected chi connectivity index (χ2v) is 10.1. The number of nitrogens with zero attached hydrogens (tertiary/aromatic N) is 3. The number of carbonyl (C=O) groups excluding carboxylic acids is 3. The van der Waals surface area contributed by atoms with Crippen LogP contribution < -0.4 is 0 Å². The Hall–Kier alpha value is -2.46. The lowest BCUT2D eigenvalue weighted by Crippen LogP contribution is -2.51. The van der Waals surface area contributed by atoms with Crippen molar-refractivity contribution in [2.45, 2.75) is 62.2 Å². The zero-order chi connectivity index (χ0) is 24.8.